The van der Waals surface area contributed by atoms with Crippen LogP contribution < -0.4 is 10.5 Å². The van der Waals surface area contributed by atoms with Gasteiger partial charge in [-0.3, -0.25) is 0 Å². The van der Waals surface area contributed by atoms with E-state index in [0.717, 1.165) is 12.1 Å². The Hall–Kier alpha value is -1.17. The summed E-state index contributed by atoms with van der Waals surface area (Å²) in [6.45, 7) is 0. The maximum atomic E-state index is 12.3. The molecule has 0 unspecified atom stereocenters. The predicted molar refractivity (Wildman–Crippen MR) is 49.7 cm³/mol. The van der Waals surface area contributed by atoms with Gasteiger partial charge in [0.1, 0.15) is 5.75 Å². The lowest BCUT2D eigenvalue weighted by atomic mass is 10.3. The van der Waals surface area contributed by atoms with Crippen LogP contribution in [0.3, 0.4) is 0 Å². The summed E-state index contributed by atoms with van der Waals surface area (Å²) in [5.41, 5.74) is 5.59. The Morgan fingerprint density at radius 1 is 1.13 bits per heavy atom. The summed E-state index contributed by atoms with van der Waals surface area (Å²) in [4.78, 5) is 0. The molecule has 0 aromatic heterocycles. The second-order valence-corrected chi connectivity index (χ2v) is 2.53. The number of alkyl halides is 4. The van der Waals surface area contributed by atoms with E-state index in [2.05, 4.69) is 4.74 Å². The second kappa shape index (κ2) is 5.06. The highest BCUT2D eigenvalue weighted by Gasteiger charge is 2.43. The minimum atomic E-state index is -4.48. The normalized spacial score (nSPS) is 11.0. The summed E-state index contributed by atoms with van der Waals surface area (Å²) in [7, 11) is 0. The summed E-state index contributed by atoms with van der Waals surface area (Å²) in [5.74, 6) is -0.357. The molecule has 0 aliphatic rings. The van der Waals surface area contributed by atoms with E-state index in [0.29, 0.717) is 5.69 Å². The van der Waals surface area contributed by atoms with E-state index in [1.807, 2.05) is 0 Å². The average molecular weight is 246 g/mol. The first-order valence-electron chi connectivity index (χ1n) is 3.62. The number of nitrogen functional groups attached to an aromatic ring is 1. The highest BCUT2D eigenvalue weighted by atomic mass is 35.5. The van der Waals surface area contributed by atoms with Crippen LogP contribution in [0.15, 0.2) is 24.3 Å². The molecule has 0 fully saturated rings. The Balaban J connectivity index is 0.00000196. The van der Waals surface area contributed by atoms with E-state index in [9.17, 15) is 17.6 Å². The van der Waals surface area contributed by atoms with Crippen molar-refractivity contribution in [1.82, 2.24) is 0 Å². The van der Waals surface area contributed by atoms with Crippen LogP contribution >= 0.6 is 12.4 Å². The van der Waals surface area contributed by atoms with Gasteiger partial charge in [-0.25, -0.2) is 0 Å². The van der Waals surface area contributed by atoms with Crippen molar-refractivity contribution in [3.05, 3.63) is 24.3 Å². The SMILES string of the molecule is Cl.Nc1ccc(OC(F)(F)C(F)F)cc1. The number of hydrogen-bond donors (Lipinski definition) is 1. The molecule has 0 saturated carbocycles. The van der Waals surface area contributed by atoms with Gasteiger partial charge in [0, 0.05) is 5.69 Å². The van der Waals surface area contributed by atoms with E-state index < -0.39 is 12.5 Å². The Labute approximate surface area is 89.4 Å². The Bertz CT molecular complexity index is 304. The predicted octanol–water partition coefficient (Wildman–Crippen LogP) is 2.93. The van der Waals surface area contributed by atoms with Gasteiger partial charge in [-0.05, 0) is 24.3 Å². The molecule has 0 amide bonds. The van der Waals surface area contributed by atoms with Crippen LogP contribution in [-0.4, -0.2) is 12.5 Å². The zero-order valence-corrected chi connectivity index (χ0v) is 8.11. The van der Waals surface area contributed by atoms with E-state index in [1.54, 1.807) is 0 Å². The minimum absolute atomic E-state index is 0. The van der Waals surface area contributed by atoms with E-state index in [1.165, 1.54) is 12.1 Å². The zero-order valence-electron chi connectivity index (χ0n) is 7.29. The van der Waals surface area contributed by atoms with Crippen LogP contribution in [0.25, 0.3) is 0 Å². The molecule has 86 valence electrons. The number of nitrogens with two attached hydrogens (primary N) is 1. The van der Waals surface area contributed by atoms with E-state index in [4.69, 9.17) is 5.73 Å². The molecule has 0 saturated heterocycles. The number of ether oxygens (including phenoxy) is 1. The van der Waals surface area contributed by atoms with Gasteiger partial charge in [-0.15, -0.1) is 12.4 Å². The molecule has 1 aromatic rings. The highest BCUT2D eigenvalue weighted by Crippen LogP contribution is 2.27. The molecule has 0 atom stereocenters. The molecule has 1 rings (SSSR count). The van der Waals surface area contributed by atoms with Gasteiger partial charge in [0.25, 0.3) is 0 Å². The van der Waals surface area contributed by atoms with Crippen molar-refractivity contribution in [3.8, 4) is 5.75 Å². The fourth-order valence-electron chi connectivity index (χ4n) is 0.738. The van der Waals surface area contributed by atoms with Crippen molar-refractivity contribution in [3.63, 3.8) is 0 Å². The number of halogens is 5. The Morgan fingerprint density at radius 2 is 1.60 bits per heavy atom. The Kier molecular flexibility index (Phi) is 4.67. The molecule has 2 nitrogen and oxygen atoms in total. The molecular weight excluding hydrogens is 238 g/mol. The van der Waals surface area contributed by atoms with Crippen LogP contribution in [-0.2, 0) is 0 Å². The smallest absolute Gasteiger partial charge is 0.428 e. The molecule has 0 bridgehead atoms. The zero-order chi connectivity index (χ0) is 10.8. The number of benzene rings is 1. The fourth-order valence-corrected chi connectivity index (χ4v) is 0.738. The summed E-state index contributed by atoms with van der Waals surface area (Å²) in [6.07, 6.45) is -8.34. The number of anilines is 1. The molecule has 0 aliphatic carbocycles. The lowest BCUT2D eigenvalue weighted by Gasteiger charge is -2.16. The van der Waals surface area contributed by atoms with Crippen molar-refractivity contribution >= 4 is 18.1 Å². The molecule has 15 heavy (non-hydrogen) atoms. The molecule has 1 aromatic carbocycles. The fraction of sp³-hybridized carbons (Fsp3) is 0.250. The molecule has 7 heteroatoms. The number of rotatable bonds is 3. The summed E-state index contributed by atoms with van der Waals surface area (Å²) < 4.78 is 51.8. The molecule has 2 N–H and O–H groups in total. The lowest BCUT2D eigenvalue weighted by Crippen LogP contribution is -2.33. The van der Waals surface area contributed by atoms with Crippen molar-refractivity contribution in [2.24, 2.45) is 0 Å². The van der Waals surface area contributed by atoms with Crippen LogP contribution in [0.1, 0.15) is 0 Å². The van der Waals surface area contributed by atoms with E-state index >= 15 is 0 Å². The summed E-state index contributed by atoms with van der Waals surface area (Å²) in [6, 6.07) is 4.73. The van der Waals surface area contributed by atoms with Gasteiger partial charge < -0.3 is 10.5 Å². The lowest BCUT2D eigenvalue weighted by molar-refractivity contribution is -0.253. The second-order valence-electron chi connectivity index (χ2n) is 2.53. The van der Waals surface area contributed by atoms with Crippen molar-refractivity contribution in [2.45, 2.75) is 12.5 Å². The van der Waals surface area contributed by atoms with Crippen LogP contribution in [0, 0.1) is 0 Å². The van der Waals surface area contributed by atoms with E-state index in [-0.39, 0.29) is 18.2 Å². The van der Waals surface area contributed by atoms with Gasteiger partial charge >= 0.3 is 12.5 Å². The largest absolute Gasteiger partial charge is 0.461 e. The third-order valence-electron chi connectivity index (χ3n) is 1.39. The maximum absolute atomic E-state index is 12.3. The third-order valence-corrected chi connectivity index (χ3v) is 1.39. The molecule has 0 heterocycles. The first-order valence-corrected chi connectivity index (χ1v) is 3.62. The van der Waals surface area contributed by atoms with Crippen molar-refractivity contribution < 1.29 is 22.3 Å². The first-order chi connectivity index (χ1) is 6.42. The molecular formula is C8H8ClF4NO. The van der Waals surface area contributed by atoms with Crippen LogP contribution in [0.2, 0.25) is 0 Å². The Morgan fingerprint density at radius 3 is 2.00 bits per heavy atom. The van der Waals surface area contributed by atoms with Gasteiger partial charge in [0.2, 0.25) is 0 Å². The third kappa shape index (κ3) is 3.83. The van der Waals surface area contributed by atoms with Crippen LogP contribution in [0.4, 0.5) is 23.2 Å². The average Bonchev–Trinajstić information content (AvgIpc) is 2.08. The van der Waals surface area contributed by atoms with Crippen LogP contribution in [0.5, 0.6) is 5.75 Å². The maximum Gasteiger partial charge on any atom is 0.461 e. The monoisotopic (exact) mass is 245 g/mol. The van der Waals surface area contributed by atoms with Gasteiger partial charge in [0.05, 0.1) is 0 Å². The molecule has 0 radical (unpaired) electrons. The molecule has 0 spiro atoms. The minimum Gasteiger partial charge on any atom is -0.428 e. The summed E-state index contributed by atoms with van der Waals surface area (Å²) >= 11 is 0. The van der Waals surface area contributed by atoms with Crippen molar-refractivity contribution in [1.29, 1.82) is 0 Å². The van der Waals surface area contributed by atoms with Gasteiger partial charge in [-0.2, -0.15) is 17.6 Å². The topological polar surface area (TPSA) is 35.2 Å². The molecule has 0 aliphatic heterocycles. The quantitative estimate of drug-likeness (QED) is 0.656. The highest BCUT2D eigenvalue weighted by molar-refractivity contribution is 5.85. The first kappa shape index (κ1) is 13.8. The van der Waals surface area contributed by atoms with Gasteiger partial charge in [-0.1, -0.05) is 0 Å². The summed E-state index contributed by atoms with van der Waals surface area (Å²) in [5, 5.41) is 0. The van der Waals surface area contributed by atoms with Gasteiger partial charge in [0.15, 0.2) is 0 Å². The standard InChI is InChI=1S/C8H7F4NO.ClH/c9-7(10)8(11,12)14-6-3-1-5(13)2-4-6;/h1-4,7H,13H2;1H. The number of hydrogen-bond acceptors (Lipinski definition) is 2. The van der Waals surface area contributed by atoms with Crippen molar-refractivity contribution in [2.75, 3.05) is 5.73 Å².